The minimum atomic E-state index is -2.97. The van der Waals surface area contributed by atoms with Gasteiger partial charge in [0.2, 0.25) is 0 Å². The summed E-state index contributed by atoms with van der Waals surface area (Å²) >= 11 is 0. The highest BCUT2D eigenvalue weighted by Gasteiger charge is 2.07. The Bertz CT molecular complexity index is 499. The van der Waals surface area contributed by atoms with Gasteiger partial charge in [-0.1, -0.05) is 0 Å². The molecule has 1 N–H and O–H groups in total. The van der Waals surface area contributed by atoms with Crippen LogP contribution in [-0.4, -0.2) is 40.2 Å². The summed E-state index contributed by atoms with van der Waals surface area (Å²) in [7, 11) is -2.97. The summed E-state index contributed by atoms with van der Waals surface area (Å²) in [5.41, 5.74) is 0.747. The van der Waals surface area contributed by atoms with E-state index in [4.69, 9.17) is 9.47 Å². The maximum atomic E-state index is 11.1. The molecule has 0 atom stereocenters. The highest BCUT2D eigenvalue weighted by molar-refractivity contribution is 7.90. The Labute approximate surface area is 114 Å². The van der Waals surface area contributed by atoms with Crippen LogP contribution in [0.4, 0.5) is 5.69 Å². The van der Waals surface area contributed by atoms with Gasteiger partial charge in [0.25, 0.3) is 0 Å². The van der Waals surface area contributed by atoms with Gasteiger partial charge in [-0.05, 0) is 26.0 Å². The van der Waals surface area contributed by atoms with Gasteiger partial charge in [0.15, 0.2) is 0 Å². The maximum absolute atomic E-state index is 11.1. The second-order valence-electron chi connectivity index (χ2n) is 4.08. The summed E-state index contributed by atoms with van der Waals surface area (Å²) in [6.07, 6.45) is 1.22. The van der Waals surface area contributed by atoms with Crippen LogP contribution in [-0.2, 0) is 9.84 Å². The number of sulfone groups is 1. The summed E-state index contributed by atoms with van der Waals surface area (Å²) in [6, 6.07) is 5.46. The van der Waals surface area contributed by atoms with Gasteiger partial charge in [0, 0.05) is 18.9 Å². The summed E-state index contributed by atoms with van der Waals surface area (Å²) < 4.78 is 33.1. The Hall–Kier alpha value is -1.43. The monoisotopic (exact) mass is 287 g/mol. The number of benzene rings is 1. The Balaban J connectivity index is 2.78. The van der Waals surface area contributed by atoms with Crippen molar-refractivity contribution < 1.29 is 17.9 Å². The van der Waals surface area contributed by atoms with Crippen molar-refractivity contribution in [3.63, 3.8) is 0 Å². The second kappa shape index (κ2) is 7.23. The molecule has 0 aliphatic carbocycles. The zero-order chi connectivity index (χ0) is 14.3. The average molecular weight is 287 g/mol. The predicted octanol–water partition coefficient (Wildman–Crippen LogP) is 1.94. The molecule has 0 unspecified atom stereocenters. The fourth-order valence-electron chi connectivity index (χ4n) is 1.56. The first kappa shape index (κ1) is 15.6. The lowest BCUT2D eigenvalue weighted by molar-refractivity contribution is 0.332. The molecule has 0 heterocycles. The molecule has 1 aromatic rings. The molecule has 1 aromatic carbocycles. The van der Waals surface area contributed by atoms with Gasteiger partial charge in [0.1, 0.15) is 21.3 Å². The quantitative estimate of drug-likeness (QED) is 0.791. The van der Waals surface area contributed by atoms with Crippen LogP contribution >= 0.6 is 0 Å². The fourth-order valence-corrected chi connectivity index (χ4v) is 2.03. The summed E-state index contributed by atoms with van der Waals surface area (Å²) in [5, 5.41) is 3.07. The normalized spacial score (nSPS) is 11.1. The van der Waals surface area contributed by atoms with E-state index >= 15 is 0 Å². The molecule has 0 saturated carbocycles. The van der Waals surface area contributed by atoms with Crippen molar-refractivity contribution >= 4 is 15.5 Å². The van der Waals surface area contributed by atoms with Crippen molar-refractivity contribution in [2.75, 3.05) is 37.1 Å². The Morgan fingerprint density at radius 1 is 1.16 bits per heavy atom. The van der Waals surface area contributed by atoms with Crippen LogP contribution < -0.4 is 14.8 Å². The molecule has 0 aliphatic heterocycles. The van der Waals surface area contributed by atoms with E-state index < -0.39 is 9.84 Å². The second-order valence-corrected chi connectivity index (χ2v) is 6.34. The lowest BCUT2D eigenvalue weighted by Crippen LogP contribution is -2.14. The largest absolute Gasteiger partial charge is 0.494 e. The van der Waals surface area contributed by atoms with E-state index in [0.29, 0.717) is 25.5 Å². The van der Waals surface area contributed by atoms with Crippen LogP contribution in [0.5, 0.6) is 11.5 Å². The van der Waals surface area contributed by atoms with Gasteiger partial charge in [-0.3, -0.25) is 0 Å². The van der Waals surface area contributed by atoms with E-state index in [1.54, 1.807) is 0 Å². The van der Waals surface area contributed by atoms with Gasteiger partial charge in [-0.2, -0.15) is 0 Å². The third-order valence-corrected chi connectivity index (χ3v) is 3.30. The molecule has 6 heteroatoms. The van der Waals surface area contributed by atoms with Gasteiger partial charge in [-0.25, -0.2) is 8.42 Å². The maximum Gasteiger partial charge on any atom is 0.149 e. The van der Waals surface area contributed by atoms with Crippen LogP contribution in [0.2, 0.25) is 0 Å². The van der Waals surface area contributed by atoms with Crippen LogP contribution in [0.1, 0.15) is 13.8 Å². The standard InChI is InChI=1S/C13H21NO4S/c1-4-17-11-6-7-13(18-5-2)12(10-11)14-8-9-19(3,15)16/h6-7,10,14H,4-5,8-9H2,1-3H3. The smallest absolute Gasteiger partial charge is 0.149 e. The SMILES string of the molecule is CCOc1ccc(OCC)c(NCCS(C)(=O)=O)c1. The zero-order valence-electron chi connectivity index (χ0n) is 11.6. The highest BCUT2D eigenvalue weighted by Crippen LogP contribution is 2.29. The number of anilines is 1. The third-order valence-electron chi connectivity index (χ3n) is 2.35. The summed E-state index contributed by atoms with van der Waals surface area (Å²) in [5.74, 6) is 1.50. The molecule has 108 valence electrons. The molecule has 0 aliphatic rings. The molecule has 0 fully saturated rings. The van der Waals surface area contributed by atoms with Gasteiger partial charge in [-0.15, -0.1) is 0 Å². The molecule has 0 bridgehead atoms. The van der Waals surface area contributed by atoms with E-state index in [-0.39, 0.29) is 5.75 Å². The van der Waals surface area contributed by atoms with Crippen LogP contribution in [0.25, 0.3) is 0 Å². The van der Waals surface area contributed by atoms with Crippen molar-refractivity contribution in [3.8, 4) is 11.5 Å². The van der Waals surface area contributed by atoms with E-state index in [2.05, 4.69) is 5.32 Å². The van der Waals surface area contributed by atoms with E-state index in [9.17, 15) is 8.42 Å². The van der Waals surface area contributed by atoms with Gasteiger partial charge >= 0.3 is 0 Å². The van der Waals surface area contributed by atoms with Gasteiger partial charge < -0.3 is 14.8 Å². The van der Waals surface area contributed by atoms with E-state index in [1.165, 1.54) is 6.26 Å². The number of nitrogens with one attached hydrogen (secondary N) is 1. The Morgan fingerprint density at radius 3 is 2.42 bits per heavy atom. The molecule has 0 aromatic heterocycles. The Kier molecular flexibility index (Phi) is 5.95. The molecule has 5 nitrogen and oxygen atoms in total. The molecule has 19 heavy (non-hydrogen) atoms. The van der Waals surface area contributed by atoms with Crippen molar-refractivity contribution in [3.05, 3.63) is 18.2 Å². The lowest BCUT2D eigenvalue weighted by Gasteiger charge is -2.14. The highest BCUT2D eigenvalue weighted by atomic mass is 32.2. The van der Waals surface area contributed by atoms with E-state index in [0.717, 1.165) is 11.4 Å². The average Bonchev–Trinajstić information content (AvgIpc) is 2.31. The molecule has 0 radical (unpaired) electrons. The fraction of sp³-hybridized carbons (Fsp3) is 0.538. The summed E-state index contributed by atoms with van der Waals surface area (Å²) in [4.78, 5) is 0. The topological polar surface area (TPSA) is 64.6 Å². The first-order valence-electron chi connectivity index (χ1n) is 6.27. The first-order valence-corrected chi connectivity index (χ1v) is 8.33. The van der Waals surface area contributed by atoms with Crippen molar-refractivity contribution in [2.24, 2.45) is 0 Å². The van der Waals surface area contributed by atoms with Crippen LogP contribution in [0.15, 0.2) is 18.2 Å². The van der Waals surface area contributed by atoms with Crippen molar-refractivity contribution in [2.45, 2.75) is 13.8 Å². The molecule has 0 spiro atoms. The van der Waals surface area contributed by atoms with Crippen molar-refractivity contribution in [1.82, 2.24) is 0 Å². The van der Waals surface area contributed by atoms with Crippen LogP contribution in [0, 0.1) is 0 Å². The molecule has 0 saturated heterocycles. The molecular weight excluding hydrogens is 266 g/mol. The Morgan fingerprint density at radius 2 is 1.84 bits per heavy atom. The van der Waals surface area contributed by atoms with Crippen molar-refractivity contribution in [1.29, 1.82) is 0 Å². The third kappa shape index (κ3) is 5.83. The van der Waals surface area contributed by atoms with Gasteiger partial charge in [0.05, 0.1) is 24.7 Å². The number of ether oxygens (including phenoxy) is 2. The lowest BCUT2D eigenvalue weighted by atomic mass is 10.2. The number of hydrogen-bond donors (Lipinski definition) is 1. The van der Waals surface area contributed by atoms with E-state index in [1.807, 2.05) is 32.0 Å². The predicted molar refractivity (Wildman–Crippen MR) is 77.0 cm³/mol. The number of rotatable bonds is 8. The summed E-state index contributed by atoms with van der Waals surface area (Å²) in [6.45, 7) is 5.28. The molecule has 1 rings (SSSR count). The molecule has 0 amide bonds. The minimum Gasteiger partial charge on any atom is -0.494 e. The van der Waals surface area contributed by atoms with Crippen LogP contribution in [0.3, 0.4) is 0 Å². The first-order chi connectivity index (χ1) is 8.96. The number of hydrogen-bond acceptors (Lipinski definition) is 5. The zero-order valence-corrected chi connectivity index (χ0v) is 12.4. The molecular formula is C13H21NO4S. The minimum absolute atomic E-state index is 0.0808.